The van der Waals surface area contributed by atoms with Crippen molar-refractivity contribution in [2.75, 3.05) is 26.2 Å². The van der Waals surface area contributed by atoms with Crippen LogP contribution in [0.3, 0.4) is 0 Å². The van der Waals surface area contributed by atoms with E-state index in [9.17, 15) is 0 Å². The van der Waals surface area contributed by atoms with Crippen LogP contribution in [0.5, 0.6) is 0 Å². The summed E-state index contributed by atoms with van der Waals surface area (Å²) >= 11 is 0. The lowest BCUT2D eigenvalue weighted by molar-refractivity contribution is 0.194. The van der Waals surface area contributed by atoms with Gasteiger partial charge in [0.25, 0.3) is 0 Å². The second-order valence-corrected chi connectivity index (χ2v) is 7.66. The minimum atomic E-state index is 0.703. The molecule has 0 saturated carbocycles. The van der Waals surface area contributed by atoms with Crippen LogP contribution in [0, 0.1) is 5.92 Å². The lowest BCUT2D eigenvalue weighted by atomic mass is 9.96. The quantitative estimate of drug-likeness (QED) is 0.879. The second kappa shape index (κ2) is 8.15. The number of piperidine rings is 1. The van der Waals surface area contributed by atoms with Crippen LogP contribution in [0.25, 0.3) is 0 Å². The molecule has 2 aliphatic heterocycles. The Kier molecular flexibility index (Phi) is 5.48. The third-order valence-corrected chi connectivity index (χ3v) is 5.89. The van der Waals surface area contributed by atoms with Crippen molar-refractivity contribution >= 4 is 0 Å². The standard InChI is InChI=1S/C21H30N4/c1-2-4-18(5-3-1)6-11-24-12-8-20(9-13-24)23-17-19-7-14-25-15-10-22-21(25)16-19/h1-5,10,15,19-20,23H,6-9,11-14,16-17H2/t19-/m0/s1. The van der Waals surface area contributed by atoms with Gasteiger partial charge in [0, 0.05) is 37.9 Å². The first kappa shape index (κ1) is 16.8. The maximum Gasteiger partial charge on any atom is 0.108 e. The predicted molar refractivity (Wildman–Crippen MR) is 102 cm³/mol. The molecule has 2 aliphatic rings. The van der Waals surface area contributed by atoms with Gasteiger partial charge in [0.15, 0.2) is 0 Å². The van der Waals surface area contributed by atoms with Gasteiger partial charge in [0.1, 0.15) is 5.82 Å². The van der Waals surface area contributed by atoms with Gasteiger partial charge in [-0.2, -0.15) is 0 Å². The van der Waals surface area contributed by atoms with Gasteiger partial charge in [-0.15, -0.1) is 0 Å². The Morgan fingerprint density at radius 2 is 1.88 bits per heavy atom. The van der Waals surface area contributed by atoms with Crippen molar-refractivity contribution in [2.24, 2.45) is 5.92 Å². The van der Waals surface area contributed by atoms with Gasteiger partial charge >= 0.3 is 0 Å². The number of benzene rings is 1. The highest BCUT2D eigenvalue weighted by atomic mass is 15.1. The molecule has 2 aromatic rings. The molecule has 4 nitrogen and oxygen atoms in total. The Hall–Kier alpha value is -1.65. The van der Waals surface area contributed by atoms with Gasteiger partial charge in [0.2, 0.25) is 0 Å². The lowest BCUT2D eigenvalue weighted by Gasteiger charge is -2.33. The van der Waals surface area contributed by atoms with Crippen molar-refractivity contribution in [2.45, 2.75) is 44.7 Å². The molecule has 1 N–H and O–H groups in total. The second-order valence-electron chi connectivity index (χ2n) is 7.66. The highest BCUT2D eigenvalue weighted by Crippen LogP contribution is 2.19. The van der Waals surface area contributed by atoms with E-state index < -0.39 is 0 Å². The first-order valence-corrected chi connectivity index (χ1v) is 9.86. The zero-order chi connectivity index (χ0) is 16.9. The van der Waals surface area contributed by atoms with E-state index >= 15 is 0 Å². The number of likely N-dealkylation sites (tertiary alicyclic amines) is 1. The molecular formula is C21H30N4. The lowest BCUT2D eigenvalue weighted by Crippen LogP contribution is -2.44. The van der Waals surface area contributed by atoms with Gasteiger partial charge in [-0.1, -0.05) is 30.3 Å². The molecule has 1 aromatic carbocycles. The third-order valence-electron chi connectivity index (χ3n) is 5.89. The molecule has 1 saturated heterocycles. The van der Waals surface area contributed by atoms with Crippen molar-refractivity contribution in [1.29, 1.82) is 0 Å². The highest BCUT2D eigenvalue weighted by molar-refractivity contribution is 5.14. The van der Waals surface area contributed by atoms with Crippen molar-refractivity contribution in [3.05, 3.63) is 54.1 Å². The molecule has 0 bridgehead atoms. The molecule has 0 spiro atoms. The van der Waals surface area contributed by atoms with Gasteiger partial charge in [-0.25, -0.2) is 4.98 Å². The van der Waals surface area contributed by atoms with Gasteiger partial charge in [0.05, 0.1) is 0 Å². The van der Waals surface area contributed by atoms with E-state index in [-0.39, 0.29) is 0 Å². The molecule has 0 unspecified atom stereocenters. The maximum atomic E-state index is 4.49. The number of aryl methyl sites for hydroxylation is 1. The molecular weight excluding hydrogens is 308 g/mol. The molecule has 1 fully saturated rings. The van der Waals surface area contributed by atoms with Crippen LogP contribution >= 0.6 is 0 Å². The molecule has 4 heteroatoms. The number of nitrogens with one attached hydrogen (secondary N) is 1. The number of hydrogen-bond donors (Lipinski definition) is 1. The van der Waals surface area contributed by atoms with Crippen molar-refractivity contribution in [3.63, 3.8) is 0 Å². The predicted octanol–water partition coefficient (Wildman–Crippen LogP) is 2.74. The fourth-order valence-electron chi connectivity index (χ4n) is 4.22. The van der Waals surface area contributed by atoms with Crippen molar-refractivity contribution < 1.29 is 0 Å². The highest BCUT2D eigenvalue weighted by Gasteiger charge is 2.22. The topological polar surface area (TPSA) is 33.1 Å². The van der Waals surface area contributed by atoms with Crippen molar-refractivity contribution in [3.8, 4) is 0 Å². The number of nitrogens with zero attached hydrogens (tertiary/aromatic N) is 3. The number of hydrogen-bond acceptors (Lipinski definition) is 3. The minimum absolute atomic E-state index is 0.703. The van der Waals surface area contributed by atoms with Gasteiger partial charge in [-0.3, -0.25) is 0 Å². The Labute approximate surface area is 151 Å². The molecule has 4 rings (SSSR count). The van der Waals surface area contributed by atoms with Crippen molar-refractivity contribution in [1.82, 2.24) is 19.8 Å². The van der Waals surface area contributed by atoms with E-state index in [1.807, 2.05) is 6.20 Å². The molecule has 3 heterocycles. The minimum Gasteiger partial charge on any atom is -0.335 e. The van der Waals surface area contributed by atoms with Crippen LogP contribution in [0.2, 0.25) is 0 Å². The zero-order valence-electron chi connectivity index (χ0n) is 15.1. The maximum absolute atomic E-state index is 4.49. The van der Waals surface area contributed by atoms with Gasteiger partial charge in [-0.05, 0) is 56.8 Å². The molecule has 25 heavy (non-hydrogen) atoms. The summed E-state index contributed by atoms with van der Waals surface area (Å²) in [5.74, 6) is 2.03. The molecule has 0 aliphatic carbocycles. The third kappa shape index (κ3) is 4.50. The summed E-state index contributed by atoms with van der Waals surface area (Å²) in [5, 5.41) is 3.84. The molecule has 134 valence electrons. The van der Waals surface area contributed by atoms with Crippen LogP contribution in [0.1, 0.15) is 30.7 Å². The summed E-state index contributed by atoms with van der Waals surface area (Å²) in [7, 11) is 0. The summed E-state index contributed by atoms with van der Waals surface area (Å²) in [4.78, 5) is 7.11. The van der Waals surface area contributed by atoms with Gasteiger partial charge < -0.3 is 14.8 Å². The Morgan fingerprint density at radius 1 is 1.04 bits per heavy atom. The summed E-state index contributed by atoms with van der Waals surface area (Å²) in [5.41, 5.74) is 1.46. The average Bonchev–Trinajstić information content (AvgIpc) is 3.14. The van der Waals surface area contributed by atoms with Crippen LogP contribution in [-0.4, -0.2) is 46.7 Å². The first-order chi connectivity index (χ1) is 12.4. The van der Waals surface area contributed by atoms with E-state index in [1.165, 1.54) is 56.7 Å². The van der Waals surface area contributed by atoms with Crippen LogP contribution < -0.4 is 5.32 Å². The fourth-order valence-corrected chi connectivity index (χ4v) is 4.22. The van der Waals surface area contributed by atoms with Crippen LogP contribution in [-0.2, 0) is 19.4 Å². The molecule has 0 radical (unpaired) electrons. The average molecular weight is 338 g/mol. The SMILES string of the molecule is c1ccc(CCN2CCC(NC[C@H]3CCn4ccnc4C3)CC2)cc1. The number of aromatic nitrogens is 2. The Balaban J connectivity index is 1.15. The summed E-state index contributed by atoms with van der Waals surface area (Å²) < 4.78 is 2.31. The molecule has 0 amide bonds. The number of rotatable bonds is 6. The fraction of sp³-hybridized carbons (Fsp3) is 0.571. The first-order valence-electron chi connectivity index (χ1n) is 9.86. The largest absolute Gasteiger partial charge is 0.335 e. The van der Waals surface area contributed by atoms with E-state index in [0.29, 0.717) is 6.04 Å². The molecule has 1 atom stereocenters. The molecule has 1 aromatic heterocycles. The summed E-state index contributed by atoms with van der Waals surface area (Å²) in [6.07, 6.45) is 10.2. The van der Waals surface area contributed by atoms with E-state index in [0.717, 1.165) is 25.4 Å². The van der Waals surface area contributed by atoms with E-state index in [1.54, 1.807) is 0 Å². The van der Waals surface area contributed by atoms with E-state index in [2.05, 4.69) is 56.3 Å². The summed E-state index contributed by atoms with van der Waals surface area (Å²) in [6.45, 7) is 5.96. The summed E-state index contributed by atoms with van der Waals surface area (Å²) in [6, 6.07) is 11.6. The normalized spacial score (nSPS) is 22.0. The Morgan fingerprint density at radius 3 is 2.72 bits per heavy atom. The van der Waals surface area contributed by atoms with Crippen LogP contribution in [0.15, 0.2) is 42.7 Å². The number of imidazole rings is 1. The Bertz CT molecular complexity index is 643. The smallest absolute Gasteiger partial charge is 0.108 e. The van der Waals surface area contributed by atoms with E-state index in [4.69, 9.17) is 0 Å². The zero-order valence-corrected chi connectivity index (χ0v) is 15.1. The monoisotopic (exact) mass is 338 g/mol. The number of fused-ring (bicyclic) bond motifs is 1. The van der Waals surface area contributed by atoms with Crippen LogP contribution in [0.4, 0.5) is 0 Å².